The van der Waals surface area contributed by atoms with E-state index in [1.165, 1.54) is 16.7 Å². The van der Waals surface area contributed by atoms with Crippen LogP contribution in [0.1, 0.15) is 84.1 Å². The lowest BCUT2D eigenvalue weighted by molar-refractivity contribution is 0.0193. The zero-order valence-corrected chi connectivity index (χ0v) is 20.7. The summed E-state index contributed by atoms with van der Waals surface area (Å²) in [5.74, 6) is 0.665. The topological polar surface area (TPSA) is 49.7 Å². The number of allylic oxidation sites excluding steroid dienone is 4. The Morgan fingerprint density at radius 2 is 1.91 bits per heavy atom. The fourth-order valence-electron chi connectivity index (χ4n) is 5.42. The Morgan fingerprint density at radius 1 is 1.12 bits per heavy atom. The van der Waals surface area contributed by atoms with Gasteiger partial charge in [-0.2, -0.15) is 0 Å². The maximum Gasteiger partial charge on any atom is 0.0716 e. The van der Waals surface area contributed by atoms with Gasteiger partial charge in [0.1, 0.15) is 0 Å². The van der Waals surface area contributed by atoms with Crippen molar-refractivity contribution in [3.8, 4) is 0 Å². The monoisotopic (exact) mass is 442 g/mol. The van der Waals surface area contributed by atoms with Crippen LogP contribution >= 0.6 is 0 Å². The van der Waals surface area contributed by atoms with E-state index in [0.717, 1.165) is 64.4 Å². The second-order valence-corrected chi connectivity index (χ2v) is 10.1. The van der Waals surface area contributed by atoms with Crippen molar-refractivity contribution >= 4 is 0 Å². The number of ether oxygens (including phenoxy) is 1. The summed E-state index contributed by atoms with van der Waals surface area (Å²) in [4.78, 5) is 0. The molecular formula is C29H46O3. The van der Waals surface area contributed by atoms with Crippen LogP contribution in [0.5, 0.6) is 0 Å². The van der Waals surface area contributed by atoms with Crippen LogP contribution in [0.25, 0.3) is 0 Å². The molecule has 2 rings (SSSR count). The Morgan fingerprint density at radius 3 is 2.59 bits per heavy atom. The van der Waals surface area contributed by atoms with Gasteiger partial charge in [-0.15, -0.1) is 0 Å². The Labute approximate surface area is 196 Å². The highest BCUT2D eigenvalue weighted by Gasteiger charge is 2.44. The Hall–Kier alpha value is -1.42. The average molecular weight is 443 g/mol. The summed E-state index contributed by atoms with van der Waals surface area (Å²) in [6.45, 7) is 8.34. The van der Waals surface area contributed by atoms with E-state index in [2.05, 4.69) is 45.1 Å². The molecule has 32 heavy (non-hydrogen) atoms. The minimum absolute atomic E-state index is 0.0328. The van der Waals surface area contributed by atoms with Gasteiger partial charge in [-0.05, 0) is 95.0 Å². The Kier molecular flexibility index (Phi) is 12.3. The standard InChI is InChI=1S/C29H46O3/c1-24(2)11-7-12-25(3)13-8-18-29(23-31)19-9-17-28(29)27(21-30)16-10-20-32-22-26-14-5-4-6-15-26/h4-6,11,13-15,27-28,30-31H,7-10,12,16-23H2,1-3H3/b25-13+/t27?,28-,29+/m0/s1. The zero-order chi connectivity index (χ0) is 23.2. The third-order valence-electron chi connectivity index (χ3n) is 7.30. The minimum Gasteiger partial charge on any atom is -0.396 e. The fourth-order valence-corrected chi connectivity index (χ4v) is 5.42. The third-order valence-corrected chi connectivity index (χ3v) is 7.30. The first-order valence-electron chi connectivity index (χ1n) is 12.6. The van der Waals surface area contributed by atoms with Gasteiger partial charge in [-0.3, -0.25) is 0 Å². The lowest BCUT2D eigenvalue weighted by atomic mass is 9.68. The van der Waals surface area contributed by atoms with Gasteiger partial charge in [0.05, 0.1) is 6.61 Å². The number of hydrogen-bond donors (Lipinski definition) is 2. The van der Waals surface area contributed by atoms with Gasteiger partial charge in [0.2, 0.25) is 0 Å². The molecule has 3 atom stereocenters. The molecule has 180 valence electrons. The average Bonchev–Trinajstić information content (AvgIpc) is 3.20. The second kappa shape index (κ2) is 14.7. The quantitative estimate of drug-likeness (QED) is 0.231. The molecular weight excluding hydrogens is 396 g/mol. The SMILES string of the molecule is CC(C)=CCC/C(C)=C/CC[C@]1(CO)CCC[C@H]1C(CO)CCCOCc1ccccc1. The minimum atomic E-state index is -0.0328. The van der Waals surface area contributed by atoms with Crippen molar-refractivity contribution in [3.63, 3.8) is 0 Å². The van der Waals surface area contributed by atoms with Crippen LogP contribution in [0.2, 0.25) is 0 Å². The van der Waals surface area contributed by atoms with Crippen molar-refractivity contribution < 1.29 is 14.9 Å². The van der Waals surface area contributed by atoms with Crippen molar-refractivity contribution in [2.24, 2.45) is 17.3 Å². The first-order chi connectivity index (χ1) is 15.5. The van der Waals surface area contributed by atoms with Gasteiger partial charge >= 0.3 is 0 Å². The zero-order valence-electron chi connectivity index (χ0n) is 20.7. The summed E-state index contributed by atoms with van der Waals surface area (Å²) in [7, 11) is 0. The van der Waals surface area contributed by atoms with Crippen molar-refractivity contribution in [1.82, 2.24) is 0 Å². The summed E-state index contributed by atoms with van der Waals surface area (Å²) >= 11 is 0. The lowest BCUT2D eigenvalue weighted by Crippen LogP contribution is -2.36. The van der Waals surface area contributed by atoms with E-state index in [0.29, 0.717) is 12.5 Å². The number of aliphatic hydroxyl groups is 2. The Bertz CT molecular complexity index is 690. The molecule has 1 unspecified atom stereocenters. The van der Waals surface area contributed by atoms with E-state index >= 15 is 0 Å². The summed E-state index contributed by atoms with van der Waals surface area (Å²) in [5.41, 5.74) is 3.99. The maximum absolute atomic E-state index is 10.4. The molecule has 1 fully saturated rings. The number of benzene rings is 1. The van der Waals surface area contributed by atoms with Gasteiger partial charge in [0.15, 0.2) is 0 Å². The van der Waals surface area contributed by atoms with Crippen molar-refractivity contribution in [1.29, 1.82) is 0 Å². The van der Waals surface area contributed by atoms with E-state index in [4.69, 9.17) is 4.74 Å². The molecule has 3 heteroatoms. The highest BCUT2D eigenvalue weighted by Crippen LogP contribution is 2.51. The van der Waals surface area contributed by atoms with E-state index < -0.39 is 0 Å². The molecule has 0 radical (unpaired) electrons. The maximum atomic E-state index is 10.4. The molecule has 0 aliphatic heterocycles. The van der Waals surface area contributed by atoms with Crippen molar-refractivity contribution in [2.45, 2.75) is 85.2 Å². The lowest BCUT2D eigenvalue weighted by Gasteiger charge is -2.38. The second-order valence-electron chi connectivity index (χ2n) is 10.1. The summed E-state index contributed by atoms with van der Waals surface area (Å²) in [6, 6.07) is 10.3. The smallest absolute Gasteiger partial charge is 0.0716 e. The molecule has 1 aliphatic rings. The van der Waals surface area contributed by atoms with Crippen LogP contribution in [0, 0.1) is 17.3 Å². The predicted octanol–water partition coefficient (Wildman–Crippen LogP) is 6.84. The largest absolute Gasteiger partial charge is 0.396 e. The molecule has 3 nitrogen and oxygen atoms in total. The van der Waals surface area contributed by atoms with E-state index in [9.17, 15) is 10.2 Å². The van der Waals surface area contributed by atoms with Crippen LogP contribution < -0.4 is 0 Å². The number of hydrogen-bond acceptors (Lipinski definition) is 3. The van der Waals surface area contributed by atoms with Gasteiger partial charge in [0, 0.05) is 19.8 Å². The van der Waals surface area contributed by atoms with Gasteiger partial charge < -0.3 is 14.9 Å². The number of rotatable bonds is 15. The number of aliphatic hydroxyl groups excluding tert-OH is 2. The van der Waals surface area contributed by atoms with Gasteiger partial charge in [0.25, 0.3) is 0 Å². The highest BCUT2D eigenvalue weighted by molar-refractivity contribution is 5.13. The van der Waals surface area contributed by atoms with E-state index in [1.807, 2.05) is 18.2 Å². The van der Waals surface area contributed by atoms with E-state index in [-0.39, 0.29) is 24.5 Å². The van der Waals surface area contributed by atoms with Crippen LogP contribution in [-0.2, 0) is 11.3 Å². The molecule has 0 aromatic heterocycles. The summed E-state index contributed by atoms with van der Waals surface area (Å²) < 4.78 is 5.85. The van der Waals surface area contributed by atoms with Gasteiger partial charge in [-0.1, -0.05) is 60.1 Å². The molecule has 0 amide bonds. The Balaban J connectivity index is 1.81. The molecule has 0 spiro atoms. The highest BCUT2D eigenvalue weighted by atomic mass is 16.5. The van der Waals surface area contributed by atoms with Crippen molar-refractivity contribution in [2.75, 3.05) is 19.8 Å². The van der Waals surface area contributed by atoms with Crippen LogP contribution in [0.4, 0.5) is 0 Å². The van der Waals surface area contributed by atoms with Crippen LogP contribution in [0.15, 0.2) is 53.6 Å². The summed E-state index contributed by atoms with van der Waals surface area (Å²) in [5, 5.41) is 20.6. The molecule has 0 bridgehead atoms. The molecule has 1 aromatic carbocycles. The van der Waals surface area contributed by atoms with Crippen LogP contribution in [0.3, 0.4) is 0 Å². The third kappa shape index (κ3) is 8.84. The summed E-state index contributed by atoms with van der Waals surface area (Å²) in [6.07, 6.45) is 14.2. The van der Waals surface area contributed by atoms with Crippen molar-refractivity contribution in [3.05, 3.63) is 59.2 Å². The molecule has 1 saturated carbocycles. The molecule has 1 aromatic rings. The van der Waals surface area contributed by atoms with Gasteiger partial charge in [-0.25, -0.2) is 0 Å². The predicted molar refractivity (Wildman–Crippen MR) is 134 cm³/mol. The first-order valence-corrected chi connectivity index (χ1v) is 12.6. The molecule has 2 N–H and O–H groups in total. The molecule has 1 aliphatic carbocycles. The first kappa shape index (κ1) is 26.8. The van der Waals surface area contributed by atoms with E-state index in [1.54, 1.807) is 0 Å². The molecule has 0 heterocycles. The molecule has 0 saturated heterocycles. The normalized spacial score (nSPS) is 22.2. The van der Waals surface area contributed by atoms with Crippen LogP contribution in [-0.4, -0.2) is 30.0 Å². The fraction of sp³-hybridized carbons (Fsp3) is 0.655.